The monoisotopic (exact) mass is 436 g/mol. The Balaban J connectivity index is 1.76. The first kappa shape index (κ1) is 21.2. The minimum absolute atomic E-state index is 0.00940. The van der Waals surface area contributed by atoms with E-state index in [0.717, 1.165) is 6.07 Å². The van der Waals surface area contributed by atoms with E-state index in [1.807, 2.05) is 4.57 Å². The highest BCUT2D eigenvalue weighted by Gasteiger charge is 2.46. The maximum absolute atomic E-state index is 13.9. The molecule has 1 amide bonds. The lowest BCUT2D eigenvalue weighted by Crippen LogP contribution is -2.31. The quantitative estimate of drug-likeness (QED) is 0.348. The van der Waals surface area contributed by atoms with E-state index in [2.05, 4.69) is 9.97 Å². The average Bonchev–Trinajstić information content (AvgIpc) is 3.41. The number of nitrogens with zero attached hydrogens (tertiary/aromatic N) is 4. The molecule has 0 aliphatic carbocycles. The molecule has 0 unspecified atom stereocenters. The summed E-state index contributed by atoms with van der Waals surface area (Å²) < 4.78 is 21.0. The van der Waals surface area contributed by atoms with Crippen molar-refractivity contribution < 1.29 is 23.8 Å². The number of hydrogen-bond acceptors (Lipinski definition) is 6. The molecule has 1 aromatic carbocycles. The highest BCUT2D eigenvalue weighted by atomic mass is 19.1. The molecule has 1 N–H and O–H groups in total. The number of hydrogen-bond donors (Lipinski definition) is 1. The van der Waals surface area contributed by atoms with Gasteiger partial charge in [0.1, 0.15) is 23.4 Å². The van der Waals surface area contributed by atoms with Gasteiger partial charge in [-0.3, -0.25) is 14.6 Å². The van der Waals surface area contributed by atoms with Gasteiger partial charge in [-0.2, -0.15) is 0 Å². The maximum atomic E-state index is 13.9. The van der Waals surface area contributed by atoms with Gasteiger partial charge in [0.2, 0.25) is 0 Å². The molecule has 3 heterocycles. The van der Waals surface area contributed by atoms with E-state index < -0.39 is 29.3 Å². The van der Waals surface area contributed by atoms with E-state index in [1.54, 1.807) is 43.1 Å². The SMILES string of the molecule is COc1ccc(F)cc1/C(O)=C1\C(=O)C(=O)N(CCCn2ccnc2)[C@H]1c1ccccn1. The van der Waals surface area contributed by atoms with Crippen LogP contribution in [-0.4, -0.2) is 49.9 Å². The number of ether oxygens (including phenoxy) is 1. The second kappa shape index (κ2) is 9.01. The number of benzene rings is 1. The molecule has 0 bridgehead atoms. The Labute approximate surface area is 183 Å². The van der Waals surface area contributed by atoms with E-state index in [0.29, 0.717) is 18.7 Å². The van der Waals surface area contributed by atoms with Crippen molar-refractivity contribution in [2.75, 3.05) is 13.7 Å². The largest absolute Gasteiger partial charge is 0.507 e. The number of methoxy groups -OCH3 is 1. The van der Waals surface area contributed by atoms with E-state index in [9.17, 15) is 19.1 Å². The molecule has 0 radical (unpaired) electrons. The van der Waals surface area contributed by atoms with Crippen molar-refractivity contribution in [3.05, 3.63) is 84.0 Å². The smallest absolute Gasteiger partial charge is 0.295 e. The number of amides is 1. The van der Waals surface area contributed by atoms with Crippen molar-refractivity contribution in [3.63, 3.8) is 0 Å². The Bertz CT molecular complexity index is 1160. The molecule has 4 rings (SSSR count). The van der Waals surface area contributed by atoms with Crippen LogP contribution in [0.3, 0.4) is 0 Å². The van der Waals surface area contributed by atoms with Crippen molar-refractivity contribution >= 4 is 17.4 Å². The molecule has 0 saturated carbocycles. The summed E-state index contributed by atoms with van der Waals surface area (Å²) >= 11 is 0. The zero-order valence-electron chi connectivity index (χ0n) is 17.3. The maximum Gasteiger partial charge on any atom is 0.295 e. The van der Waals surface area contributed by atoms with Gasteiger partial charge in [-0.1, -0.05) is 6.07 Å². The van der Waals surface area contributed by atoms with E-state index >= 15 is 0 Å². The van der Waals surface area contributed by atoms with Crippen molar-refractivity contribution in [1.82, 2.24) is 19.4 Å². The van der Waals surface area contributed by atoms with Crippen LogP contribution in [0.2, 0.25) is 0 Å². The zero-order valence-corrected chi connectivity index (χ0v) is 17.3. The van der Waals surface area contributed by atoms with Gasteiger partial charge >= 0.3 is 0 Å². The fourth-order valence-electron chi connectivity index (χ4n) is 3.81. The Morgan fingerprint density at radius 2 is 2.03 bits per heavy atom. The van der Waals surface area contributed by atoms with Crippen LogP contribution >= 0.6 is 0 Å². The van der Waals surface area contributed by atoms with Crippen LogP contribution in [0.4, 0.5) is 4.39 Å². The van der Waals surface area contributed by atoms with Gasteiger partial charge in [-0.15, -0.1) is 0 Å². The first-order valence-corrected chi connectivity index (χ1v) is 10.00. The van der Waals surface area contributed by atoms with Crippen molar-refractivity contribution in [3.8, 4) is 5.75 Å². The number of aliphatic hydroxyl groups excluding tert-OH is 1. The number of Topliss-reactive ketones (excluding diaryl/α,β-unsaturated/α-hetero) is 1. The minimum Gasteiger partial charge on any atom is -0.507 e. The van der Waals surface area contributed by atoms with Crippen LogP contribution in [0.25, 0.3) is 5.76 Å². The van der Waals surface area contributed by atoms with Crippen LogP contribution in [0, 0.1) is 5.82 Å². The molecule has 32 heavy (non-hydrogen) atoms. The topological polar surface area (TPSA) is 97.6 Å². The number of pyridine rings is 1. The van der Waals surface area contributed by atoms with Gasteiger partial charge in [-0.25, -0.2) is 9.37 Å². The van der Waals surface area contributed by atoms with Crippen molar-refractivity contribution in [2.24, 2.45) is 0 Å². The molecule has 2 aromatic heterocycles. The lowest BCUT2D eigenvalue weighted by Gasteiger charge is -2.24. The van der Waals surface area contributed by atoms with Crippen molar-refractivity contribution in [2.45, 2.75) is 19.0 Å². The predicted molar refractivity (Wildman–Crippen MR) is 113 cm³/mol. The summed E-state index contributed by atoms with van der Waals surface area (Å²) in [5.41, 5.74) is 0.260. The number of halogens is 1. The lowest BCUT2D eigenvalue weighted by atomic mass is 9.97. The molecule has 3 aromatic rings. The first-order valence-electron chi connectivity index (χ1n) is 10.00. The molecular formula is C23H21FN4O4. The summed E-state index contributed by atoms with van der Waals surface area (Å²) in [6.45, 7) is 0.844. The summed E-state index contributed by atoms with van der Waals surface area (Å²) in [6.07, 6.45) is 7.23. The second-order valence-electron chi connectivity index (χ2n) is 7.25. The molecule has 1 atom stereocenters. The normalized spacial score (nSPS) is 17.7. The van der Waals surface area contributed by atoms with Crippen LogP contribution in [-0.2, 0) is 16.1 Å². The number of imidazole rings is 1. The van der Waals surface area contributed by atoms with Gasteiger partial charge in [0.15, 0.2) is 0 Å². The standard InChI is InChI=1S/C23H21FN4O4/c1-32-18-7-6-15(24)13-16(18)21(29)19-20(17-5-2-3-8-26-17)28(23(31)22(19)30)11-4-10-27-12-9-25-14-27/h2-3,5-9,12-14,20,29H,4,10-11H2,1H3/b21-19+/t20-/m0/s1. The number of likely N-dealkylation sites (tertiary alicyclic amines) is 1. The van der Waals surface area contributed by atoms with Gasteiger partial charge in [0.25, 0.3) is 11.7 Å². The molecule has 1 aliphatic heterocycles. The second-order valence-corrected chi connectivity index (χ2v) is 7.25. The zero-order chi connectivity index (χ0) is 22.7. The number of aromatic nitrogens is 3. The van der Waals surface area contributed by atoms with Crippen molar-refractivity contribution in [1.29, 1.82) is 0 Å². The average molecular weight is 436 g/mol. The summed E-state index contributed by atoms with van der Waals surface area (Å²) in [7, 11) is 1.37. The molecule has 0 spiro atoms. The summed E-state index contributed by atoms with van der Waals surface area (Å²) in [5, 5.41) is 11.1. The summed E-state index contributed by atoms with van der Waals surface area (Å²) in [6, 6.07) is 7.81. The fourth-order valence-corrected chi connectivity index (χ4v) is 3.81. The highest BCUT2D eigenvalue weighted by molar-refractivity contribution is 6.46. The molecule has 1 aliphatic rings. The predicted octanol–water partition coefficient (Wildman–Crippen LogP) is 2.94. The number of aliphatic hydroxyl groups is 1. The highest BCUT2D eigenvalue weighted by Crippen LogP contribution is 2.40. The van der Waals surface area contributed by atoms with Gasteiger partial charge in [0.05, 0.1) is 30.3 Å². The van der Waals surface area contributed by atoms with Gasteiger partial charge in [-0.05, 0) is 36.8 Å². The van der Waals surface area contributed by atoms with Gasteiger partial charge < -0.3 is 19.3 Å². The van der Waals surface area contributed by atoms with Crippen LogP contribution in [0.5, 0.6) is 5.75 Å². The first-order chi connectivity index (χ1) is 15.5. The van der Waals surface area contributed by atoms with E-state index in [-0.39, 0.29) is 23.4 Å². The number of ketones is 1. The fraction of sp³-hybridized carbons (Fsp3) is 0.217. The lowest BCUT2D eigenvalue weighted by molar-refractivity contribution is -0.140. The Kier molecular flexibility index (Phi) is 5.98. The molecule has 1 fully saturated rings. The number of carbonyl (C=O) groups excluding carboxylic acids is 2. The van der Waals surface area contributed by atoms with E-state index in [4.69, 9.17) is 4.74 Å². The minimum atomic E-state index is -0.910. The van der Waals surface area contributed by atoms with Crippen LogP contribution < -0.4 is 4.74 Å². The third-order valence-electron chi connectivity index (χ3n) is 5.30. The Morgan fingerprint density at radius 1 is 1.19 bits per heavy atom. The number of carbonyl (C=O) groups is 2. The van der Waals surface area contributed by atoms with Crippen LogP contribution in [0.1, 0.15) is 23.7 Å². The molecule has 1 saturated heterocycles. The van der Waals surface area contributed by atoms with E-state index in [1.165, 1.54) is 24.1 Å². The number of aryl methyl sites for hydroxylation is 1. The third-order valence-corrected chi connectivity index (χ3v) is 5.30. The van der Waals surface area contributed by atoms with Crippen LogP contribution in [0.15, 0.2) is 66.9 Å². The summed E-state index contributed by atoms with van der Waals surface area (Å²) in [5.74, 6) is -2.55. The number of rotatable bonds is 7. The third kappa shape index (κ3) is 3.96. The molecule has 9 heteroatoms. The van der Waals surface area contributed by atoms with Gasteiger partial charge in [0, 0.05) is 31.7 Å². The Hall–Kier alpha value is -4.01. The molecular weight excluding hydrogens is 415 g/mol. The Morgan fingerprint density at radius 3 is 2.72 bits per heavy atom. The molecule has 164 valence electrons. The molecule has 8 nitrogen and oxygen atoms in total. The summed E-state index contributed by atoms with van der Waals surface area (Å²) in [4.78, 5) is 35.6.